The topological polar surface area (TPSA) is 97.3 Å². The fraction of sp³-hybridized carbons (Fsp3) is 0.351. The molecule has 8 heteroatoms. The predicted octanol–water partition coefficient (Wildman–Crippen LogP) is 6.71. The molecule has 6 unspecified atom stereocenters. The van der Waals surface area contributed by atoms with Crippen LogP contribution in [-0.4, -0.2) is 47.7 Å². The van der Waals surface area contributed by atoms with Crippen LogP contribution in [0.15, 0.2) is 91.0 Å². The first-order chi connectivity index (χ1) is 21.6. The lowest BCUT2D eigenvalue weighted by atomic mass is 9.89. The van der Waals surface area contributed by atoms with E-state index in [1.165, 1.54) is 30.2 Å². The Morgan fingerprint density at radius 3 is 2.24 bits per heavy atom. The van der Waals surface area contributed by atoms with Crippen LogP contribution in [0, 0.1) is 5.92 Å². The molecule has 236 valence electrons. The summed E-state index contributed by atoms with van der Waals surface area (Å²) in [7, 11) is 2.12. The van der Waals surface area contributed by atoms with Gasteiger partial charge in [-0.15, -0.1) is 0 Å². The highest BCUT2D eigenvalue weighted by molar-refractivity contribution is 5.94. The van der Waals surface area contributed by atoms with E-state index in [1.807, 2.05) is 36.4 Å². The fourth-order valence-electron chi connectivity index (χ4n) is 5.76. The van der Waals surface area contributed by atoms with Crippen LogP contribution in [0.25, 0.3) is 10.8 Å². The van der Waals surface area contributed by atoms with Crippen LogP contribution in [0.4, 0.5) is 5.69 Å². The second-order valence-corrected chi connectivity index (χ2v) is 11.9. The Morgan fingerprint density at radius 2 is 1.58 bits per heavy atom. The van der Waals surface area contributed by atoms with Gasteiger partial charge in [-0.2, -0.15) is 0 Å². The van der Waals surface area contributed by atoms with E-state index in [-0.39, 0.29) is 30.8 Å². The normalized spacial score (nSPS) is 21.3. The van der Waals surface area contributed by atoms with Crippen molar-refractivity contribution in [2.24, 2.45) is 5.92 Å². The number of amides is 1. The number of hydrogen-bond donors (Lipinski definition) is 2. The van der Waals surface area contributed by atoms with Gasteiger partial charge < -0.3 is 24.6 Å². The van der Waals surface area contributed by atoms with Crippen LogP contribution in [-0.2, 0) is 30.4 Å². The Balaban J connectivity index is 1.35. The molecule has 4 aromatic carbocycles. The minimum absolute atomic E-state index is 0.0181. The number of aliphatic hydroxyl groups is 1. The molecule has 0 radical (unpaired) electrons. The van der Waals surface area contributed by atoms with Crippen molar-refractivity contribution >= 4 is 28.3 Å². The predicted molar refractivity (Wildman–Crippen MR) is 174 cm³/mol. The number of rotatable bonds is 10. The Morgan fingerprint density at radius 1 is 0.911 bits per heavy atom. The smallest absolute Gasteiger partial charge is 0.303 e. The van der Waals surface area contributed by atoms with Crippen LogP contribution < -0.4 is 5.32 Å². The number of nitrogens with zero attached hydrogens (tertiary/aromatic N) is 1. The highest BCUT2D eigenvalue weighted by Crippen LogP contribution is 2.42. The molecule has 8 nitrogen and oxygen atoms in total. The second-order valence-electron chi connectivity index (χ2n) is 11.9. The summed E-state index contributed by atoms with van der Waals surface area (Å²) >= 11 is 0. The zero-order chi connectivity index (χ0) is 32.1. The lowest BCUT2D eigenvalue weighted by Crippen LogP contribution is -2.44. The molecule has 1 heterocycles. The Bertz CT molecular complexity index is 1610. The summed E-state index contributed by atoms with van der Waals surface area (Å²) in [5.74, 6) is -0.887. The molecule has 4 aromatic rings. The van der Waals surface area contributed by atoms with Gasteiger partial charge in [0.15, 0.2) is 12.4 Å². The largest absolute Gasteiger partial charge is 0.453 e. The Labute approximate surface area is 264 Å². The van der Waals surface area contributed by atoms with Crippen LogP contribution in [0.2, 0.25) is 0 Å². The third-order valence-electron chi connectivity index (χ3n) is 8.67. The number of likely N-dealkylation sites (N-methyl/N-ethyl adjacent to an activating group) is 1. The van der Waals surface area contributed by atoms with Crippen LogP contribution in [0.1, 0.15) is 68.4 Å². The third kappa shape index (κ3) is 7.78. The lowest BCUT2D eigenvalue weighted by molar-refractivity contribution is -0.276. The summed E-state index contributed by atoms with van der Waals surface area (Å²) < 4.78 is 18.2. The number of nitrogens with one attached hydrogen (secondary N) is 1. The van der Waals surface area contributed by atoms with E-state index in [0.29, 0.717) is 12.2 Å². The Kier molecular flexibility index (Phi) is 10.3. The third-order valence-corrected chi connectivity index (χ3v) is 8.67. The van der Waals surface area contributed by atoms with Crippen LogP contribution >= 0.6 is 0 Å². The molecule has 1 amide bonds. The zero-order valence-corrected chi connectivity index (χ0v) is 26.5. The molecule has 0 aromatic heterocycles. The highest BCUT2D eigenvalue weighted by Gasteiger charge is 2.39. The number of benzene rings is 4. The Hall–Kier alpha value is -4.08. The fourth-order valence-corrected chi connectivity index (χ4v) is 5.76. The van der Waals surface area contributed by atoms with Crippen LogP contribution in [0.3, 0.4) is 0 Å². The average Bonchev–Trinajstić information content (AvgIpc) is 3.05. The van der Waals surface area contributed by atoms with E-state index >= 15 is 0 Å². The summed E-state index contributed by atoms with van der Waals surface area (Å²) in [6.07, 6.45) is -1.93. The van der Waals surface area contributed by atoms with E-state index in [2.05, 4.69) is 73.6 Å². The molecular formula is C37H42N2O6. The van der Waals surface area contributed by atoms with E-state index in [4.69, 9.17) is 14.2 Å². The average molecular weight is 611 g/mol. The van der Waals surface area contributed by atoms with Gasteiger partial charge in [-0.25, -0.2) is 0 Å². The van der Waals surface area contributed by atoms with Gasteiger partial charge in [0.25, 0.3) is 5.91 Å². The lowest BCUT2D eigenvalue weighted by Gasteiger charge is -2.43. The molecule has 0 bridgehead atoms. The van der Waals surface area contributed by atoms with Gasteiger partial charge >= 0.3 is 5.97 Å². The number of carbonyl (C=O) groups excluding carboxylic acids is 2. The molecule has 45 heavy (non-hydrogen) atoms. The van der Waals surface area contributed by atoms with Gasteiger partial charge in [0, 0.05) is 36.7 Å². The molecule has 1 saturated heterocycles. The monoisotopic (exact) mass is 610 g/mol. The quantitative estimate of drug-likeness (QED) is 0.193. The van der Waals surface area contributed by atoms with E-state index < -0.39 is 24.3 Å². The van der Waals surface area contributed by atoms with E-state index in [0.717, 1.165) is 16.7 Å². The van der Waals surface area contributed by atoms with Crippen molar-refractivity contribution in [2.45, 2.75) is 64.9 Å². The maximum absolute atomic E-state index is 12.4. The number of ether oxygens (including phenoxy) is 3. The molecule has 1 fully saturated rings. The minimum atomic E-state index is -0.901. The first kappa shape index (κ1) is 32.3. The molecule has 0 saturated carbocycles. The van der Waals surface area contributed by atoms with Gasteiger partial charge in [-0.05, 0) is 66.6 Å². The summed E-state index contributed by atoms with van der Waals surface area (Å²) in [5, 5.41) is 14.8. The number of hydrogen-bond acceptors (Lipinski definition) is 7. The molecular weight excluding hydrogens is 568 g/mol. The summed E-state index contributed by atoms with van der Waals surface area (Å²) in [6.45, 7) is 7.83. The number of aliphatic hydroxyl groups excluding tert-OH is 1. The molecule has 6 atom stereocenters. The maximum atomic E-state index is 12.4. The number of esters is 1. The summed E-state index contributed by atoms with van der Waals surface area (Å²) in [5.41, 5.74) is 4.50. The maximum Gasteiger partial charge on any atom is 0.303 e. The van der Waals surface area contributed by atoms with Crippen molar-refractivity contribution in [2.75, 3.05) is 18.9 Å². The second kappa shape index (κ2) is 14.3. The first-order valence-electron chi connectivity index (χ1n) is 15.4. The van der Waals surface area contributed by atoms with Crippen molar-refractivity contribution in [1.82, 2.24) is 4.90 Å². The van der Waals surface area contributed by atoms with Crippen molar-refractivity contribution in [1.29, 1.82) is 0 Å². The number of carbonyl (C=O) groups is 2. The number of anilines is 1. The van der Waals surface area contributed by atoms with E-state index in [9.17, 15) is 14.7 Å². The molecule has 0 spiro atoms. The van der Waals surface area contributed by atoms with Crippen molar-refractivity contribution in [3.8, 4) is 0 Å². The van der Waals surface area contributed by atoms with Gasteiger partial charge in [-0.3, -0.25) is 14.5 Å². The minimum Gasteiger partial charge on any atom is -0.453 e. The van der Waals surface area contributed by atoms with Gasteiger partial charge in [-0.1, -0.05) is 79.7 Å². The summed E-state index contributed by atoms with van der Waals surface area (Å²) in [6, 6.07) is 30.4. The molecule has 0 aliphatic carbocycles. The first-order valence-corrected chi connectivity index (χ1v) is 15.4. The van der Waals surface area contributed by atoms with Crippen molar-refractivity contribution in [3.63, 3.8) is 0 Å². The van der Waals surface area contributed by atoms with Gasteiger partial charge in [0.2, 0.25) is 0 Å². The highest BCUT2D eigenvalue weighted by atomic mass is 16.7. The molecule has 2 N–H and O–H groups in total. The molecule has 1 aliphatic rings. The van der Waals surface area contributed by atoms with Crippen molar-refractivity contribution in [3.05, 3.63) is 113 Å². The van der Waals surface area contributed by atoms with E-state index in [1.54, 1.807) is 12.1 Å². The van der Waals surface area contributed by atoms with Crippen molar-refractivity contribution < 1.29 is 28.9 Å². The zero-order valence-electron chi connectivity index (χ0n) is 26.5. The molecule has 5 rings (SSSR count). The SMILES string of the molecule is CC(=O)OC(C)C(=O)Nc1ccc(C2OC(CN(C)C(C)c3ccc4ccccc4c3)C(C)C(c3ccc(CO)cc3)O2)cc1. The summed E-state index contributed by atoms with van der Waals surface area (Å²) in [4.78, 5) is 26.0. The standard InChI is InChI=1S/C37H42N2O6/c1-23-34(21-39(5)24(2)31-15-14-28-8-6-7-9-32(28)20-31)44-37(45-35(23)29-12-10-27(22-40)11-13-29)30-16-18-33(19-17-30)38-36(42)25(3)43-26(4)41/h6-20,23-25,34-35,37,40H,21-22H2,1-5H3,(H,38,42). The molecule has 1 aliphatic heterocycles. The van der Waals surface area contributed by atoms with Crippen LogP contribution in [0.5, 0.6) is 0 Å². The number of fused-ring (bicyclic) bond motifs is 1. The van der Waals surface area contributed by atoms with Gasteiger partial charge in [0.05, 0.1) is 18.8 Å². The van der Waals surface area contributed by atoms with Gasteiger partial charge in [0.1, 0.15) is 0 Å².